The van der Waals surface area contributed by atoms with Gasteiger partial charge in [0, 0.05) is 12.3 Å². The van der Waals surface area contributed by atoms with E-state index in [0.29, 0.717) is 12.2 Å². The molecule has 0 spiro atoms. The van der Waals surface area contributed by atoms with Crippen LogP contribution in [0.5, 0.6) is 17.2 Å². The number of esters is 1. The van der Waals surface area contributed by atoms with Gasteiger partial charge < -0.3 is 24.6 Å². The fourth-order valence-corrected chi connectivity index (χ4v) is 2.64. The lowest BCUT2D eigenvalue weighted by atomic mass is 10.1. The molecule has 2 N–H and O–H groups in total. The third-order valence-corrected chi connectivity index (χ3v) is 4.28. The molecule has 1 heterocycles. The molecule has 0 radical (unpaired) electrons. The Kier molecular flexibility index (Phi) is 7.82. The van der Waals surface area contributed by atoms with Crippen molar-refractivity contribution in [1.82, 2.24) is 10.3 Å². The van der Waals surface area contributed by atoms with Gasteiger partial charge in [0.05, 0.1) is 7.11 Å². The van der Waals surface area contributed by atoms with Crippen LogP contribution in [0.4, 0.5) is 0 Å². The zero-order valence-corrected chi connectivity index (χ0v) is 16.9. The van der Waals surface area contributed by atoms with Gasteiger partial charge in [-0.05, 0) is 32.4 Å². The molecule has 0 aliphatic heterocycles. The number of aromatic nitrogens is 1. The highest BCUT2D eigenvalue weighted by Gasteiger charge is 2.27. The van der Waals surface area contributed by atoms with Gasteiger partial charge in [0.25, 0.3) is 5.91 Å². The summed E-state index contributed by atoms with van der Waals surface area (Å²) in [5.74, 6) is -0.943. The molecule has 0 saturated carbocycles. The summed E-state index contributed by atoms with van der Waals surface area (Å²) in [5.41, 5.74) is -0.239. The van der Waals surface area contributed by atoms with E-state index < -0.39 is 29.8 Å². The summed E-state index contributed by atoms with van der Waals surface area (Å²) < 4.78 is 16.3. The normalized spacial score (nSPS) is 13.7. The summed E-state index contributed by atoms with van der Waals surface area (Å²) in [5, 5.41) is 12.5. The van der Waals surface area contributed by atoms with E-state index in [1.165, 1.54) is 26.3 Å². The van der Waals surface area contributed by atoms with E-state index in [0.717, 1.165) is 0 Å². The molecule has 156 valence electrons. The first-order chi connectivity index (χ1) is 13.9. The summed E-state index contributed by atoms with van der Waals surface area (Å²) in [6.07, 6.45) is 0.994. The van der Waals surface area contributed by atoms with E-state index in [1.54, 1.807) is 0 Å². The number of amides is 1. The Bertz CT molecular complexity index is 827. The van der Waals surface area contributed by atoms with E-state index in [-0.39, 0.29) is 17.5 Å². The van der Waals surface area contributed by atoms with Crippen LogP contribution in [-0.4, -0.2) is 47.3 Å². The van der Waals surface area contributed by atoms with Gasteiger partial charge in [0.1, 0.15) is 24.0 Å². The highest BCUT2D eigenvalue weighted by atomic mass is 16.6. The molecule has 29 heavy (non-hydrogen) atoms. The number of nitrogens with one attached hydrogen (secondary N) is 1. The minimum atomic E-state index is -0.951. The van der Waals surface area contributed by atoms with Crippen LogP contribution in [0.15, 0.2) is 42.6 Å². The van der Waals surface area contributed by atoms with E-state index in [4.69, 9.17) is 14.2 Å². The lowest BCUT2D eigenvalue weighted by molar-refractivity contribution is -0.155. The van der Waals surface area contributed by atoms with E-state index >= 15 is 0 Å². The Morgan fingerprint density at radius 3 is 2.48 bits per heavy atom. The topological polar surface area (TPSA) is 107 Å². The number of para-hydroxylation sites is 1. The van der Waals surface area contributed by atoms with Crippen molar-refractivity contribution in [3.8, 4) is 17.2 Å². The lowest BCUT2D eigenvalue weighted by Gasteiger charge is -2.25. The fraction of sp³-hybridized carbons (Fsp3) is 0.381. The van der Waals surface area contributed by atoms with Crippen LogP contribution < -0.4 is 14.8 Å². The predicted octanol–water partition coefficient (Wildman–Crippen LogP) is 2.70. The van der Waals surface area contributed by atoms with Crippen molar-refractivity contribution in [2.75, 3.05) is 7.11 Å². The fourth-order valence-electron chi connectivity index (χ4n) is 2.64. The van der Waals surface area contributed by atoms with Gasteiger partial charge in [-0.1, -0.05) is 25.1 Å². The number of carbonyl (C=O) groups excluding carboxylic acids is 2. The van der Waals surface area contributed by atoms with E-state index in [9.17, 15) is 14.7 Å². The number of carbonyl (C=O) groups is 2. The van der Waals surface area contributed by atoms with Crippen LogP contribution in [0.3, 0.4) is 0 Å². The highest BCUT2D eigenvalue weighted by molar-refractivity contribution is 5.97. The van der Waals surface area contributed by atoms with Gasteiger partial charge in [-0.2, -0.15) is 0 Å². The quantitative estimate of drug-likeness (QED) is 0.621. The van der Waals surface area contributed by atoms with Crippen LogP contribution >= 0.6 is 0 Å². The number of rotatable bonds is 9. The number of aromatic hydroxyl groups is 1. The van der Waals surface area contributed by atoms with Crippen molar-refractivity contribution in [3.63, 3.8) is 0 Å². The smallest absolute Gasteiger partial charge is 0.328 e. The number of hydrogen-bond acceptors (Lipinski definition) is 7. The molecule has 0 aliphatic carbocycles. The molecule has 1 aromatic carbocycles. The summed E-state index contributed by atoms with van der Waals surface area (Å²) in [7, 11) is 1.36. The molecule has 1 amide bonds. The Morgan fingerprint density at radius 1 is 1.17 bits per heavy atom. The van der Waals surface area contributed by atoms with Crippen molar-refractivity contribution in [2.24, 2.45) is 0 Å². The highest BCUT2D eigenvalue weighted by Crippen LogP contribution is 2.27. The van der Waals surface area contributed by atoms with Crippen molar-refractivity contribution in [3.05, 3.63) is 48.3 Å². The maximum absolute atomic E-state index is 12.4. The average molecular weight is 402 g/mol. The van der Waals surface area contributed by atoms with Gasteiger partial charge in [-0.25, -0.2) is 9.78 Å². The molecule has 2 aromatic rings. The first-order valence-electron chi connectivity index (χ1n) is 9.32. The zero-order chi connectivity index (χ0) is 21.4. The second kappa shape index (κ2) is 10.3. The maximum atomic E-state index is 12.4. The molecule has 2 rings (SSSR count). The Hall–Kier alpha value is -3.29. The summed E-state index contributed by atoms with van der Waals surface area (Å²) in [4.78, 5) is 28.6. The molecular formula is C21H26N2O6. The summed E-state index contributed by atoms with van der Waals surface area (Å²) in [6.45, 7) is 5.19. The van der Waals surface area contributed by atoms with Crippen LogP contribution in [0, 0.1) is 0 Å². The van der Waals surface area contributed by atoms with Gasteiger partial charge in [0.2, 0.25) is 0 Å². The molecule has 1 aromatic heterocycles. The molecule has 0 aliphatic rings. The molecule has 8 nitrogen and oxygen atoms in total. The number of methoxy groups -OCH3 is 1. The second-order valence-electron chi connectivity index (χ2n) is 6.43. The molecule has 0 saturated heterocycles. The Morgan fingerprint density at radius 2 is 1.86 bits per heavy atom. The standard InChI is InChI=1S/C21H26N2O6/c1-5-16(14(3)28-15-9-7-6-8-10-15)29-21(26)13(2)23-20(25)18-19(24)17(27-4)11-12-22-18/h6-14,16,24H,5H2,1-4H3,(H,23,25)/t13-,14+,16-/m0/s1. The third-order valence-electron chi connectivity index (χ3n) is 4.28. The lowest BCUT2D eigenvalue weighted by Crippen LogP contribution is -2.43. The summed E-state index contributed by atoms with van der Waals surface area (Å²) >= 11 is 0. The molecule has 8 heteroatoms. The van der Waals surface area contributed by atoms with Crippen LogP contribution in [0.25, 0.3) is 0 Å². The molecular weight excluding hydrogens is 376 g/mol. The zero-order valence-electron chi connectivity index (χ0n) is 16.9. The SMILES string of the molecule is CC[C@H](OC(=O)[C@H](C)NC(=O)c1nccc(OC)c1O)[C@@H](C)Oc1ccccc1. The third kappa shape index (κ3) is 5.84. The van der Waals surface area contributed by atoms with Crippen molar-refractivity contribution in [1.29, 1.82) is 0 Å². The maximum Gasteiger partial charge on any atom is 0.328 e. The molecule has 0 bridgehead atoms. The van der Waals surface area contributed by atoms with Crippen LogP contribution in [-0.2, 0) is 9.53 Å². The van der Waals surface area contributed by atoms with Gasteiger partial charge >= 0.3 is 5.97 Å². The number of hydrogen-bond donors (Lipinski definition) is 2. The minimum absolute atomic E-state index is 0.110. The summed E-state index contributed by atoms with van der Waals surface area (Å²) in [6, 6.07) is 9.71. The molecule has 0 unspecified atom stereocenters. The first-order valence-corrected chi connectivity index (χ1v) is 9.32. The average Bonchev–Trinajstić information content (AvgIpc) is 2.72. The molecule has 3 atom stereocenters. The van der Waals surface area contributed by atoms with Crippen LogP contribution in [0.2, 0.25) is 0 Å². The van der Waals surface area contributed by atoms with E-state index in [2.05, 4.69) is 10.3 Å². The van der Waals surface area contributed by atoms with Crippen molar-refractivity contribution < 1.29 is 28.9 Å². The Balaban J connectivity index is 1.97. The second-order valence-corrected chi connectivity index (χ2v) is 6.43. The number of ether oxygens (including phenoxy) is 3. The van der Waals surface area contributed by atoms with Crippen molar-refractivity contribution >= 4 is 11.9 Å². The van der Waals surface area contributed by atoms with Gasteiger partial charge in [-0.3, -0.25) is 4.79 Å². The minimum Gasteiger partial charge on any atom is -0.503 e. The monoisotopic (exact) mass is 402 g/mol. The molecule has 0 fully saturated rings. The first kappa shape index (κ1) is 22.0. The van der Waals surface area contributed by atoms with Gasteiger partial charge in [0.15, 0.2) is 17.2 Å². The number of pyridine rings is 1. The predicted molar refractivity (Wildman–Crippen MR) is 106 cm³/mol. The number of nitrogens with zero attached hydrogens (tertiary/aromatic N) is 1. The van der Waals surface area contributed by atoms with Gasteiger partial charge in [-0.15, -0.1) is 0 Å². The Labute approximate surface area is 169 Å². The van der Waals surface area contributed by atoms with Crippen LogP contribution in [0.1, 0.15) is 37.7 Å². The number of benzene rings is 1. The van der Waals surface area contributed by atoms with Crippen molar-refractivity contribution in [2.45, 2.75) is 45.4 Å². The largest absolute Gasteiger partial charge is 0.503 e. The van der Waals surface area contributed by atoms with E-state index in [1.807, 2.05) is 44.2 Å².